The van der Waals surface area contributed by atoms with Gasteiger partial charge in [0.25, 0.3) is 5.91 Å². The molecular weight excluding hydrogens is 274 g/mol. The number of pyridine rings is 1. The van der Waals surface area contributed by atoms with Crippen molar-refractivity contribution in [3.05, 3.63) is 72.6 Å². The lowest BCUT2D eigenvalue weighted by Crippen LogP contribution is -2.12. The smallest absolute Gasteiger partial charge is 0.272 e. The number of hydrogen-bond donors (Lipinski definition) is 2. The molecule has 2 aromatic carbocycles. The summed E-state index contributed by atoms with van der Waals surface area (Å²) in [6.45, 7) is 0. The highest BCUT2D eigenvalue weighted by Crippen LogP contribution is 2.23. The lowest BCUT2D eigenvalue weighted by Gasteiger charge is -2.07. The third-order valence-electron chi connectivity index (χ3n) is 3.67. The summed E-state index contributed by atoms with van der Waals surface area (Å²) in [6.07, 6.45) is 1.71. The fourth-order valence-electron chi connectivity index (χ4n) is 2.60. The molecule has 0 saturated carbocycles. The van der Waals surface area contributed by atoms with Crippen molar-refractivity contribution >= 4 is 33.4 Å². The lowest BCUT2D eigenvalue weighted by atomic mass is 10.1. The van der Waals surface area contributed by atoms with E-state index in [2.05, 4.69) is 15.3 Å². The molecule has 0 saturated heterocycles. The van der Waals surface area contributed by atoms with Crippen molar-refractivity contribution in [3.63, 3.8) is 0 Å². The number of carbonyl (C=O) groups is 1. The van der Waals surface area contributed by atoms with Crippen molar-refractivity contribution in [2.75, 3.05) is 5.32 Å². The topological polar surface area (TPSA) is 57.8 Å². The van der Waals surface area contributed by atoms with E-state index in [0.29, 0.717) is 5.69 Å². The number of nitrogens with one attached hydrogen (secondary N) is 2. The fraction of sp³-hybridized carbons (Fsp3) is 0. The number of rotatable bonds is 2. The van der Waals surface area contributed by atoms with E-state index in [4.69, 9.17) is 0 Å². The summed E-state index contributed by atoms with van der Waals surface area (Å²) in [5.74, 6) is -0.172. The maximum absolute atomic E-state index is 12.5. The minimum atomic E-state index is -0.172. The molecule has 22 heavy (non-hydrogen) atoms. The Balaban J connectivity index is 1.71. The van der Waals surface area contributed by atoms with Crippen LogP contribution in [0, 0.1) is 0 Å². The van der Waals surface area contributed by atoms with Crippen LogP contribution < -0.4 is 5.32 Å². The first-order chi connectivity index (χ1) is 10.8. The molecule has 0 fully saturated rings. The van der Waals surface area contributed by atoms with Crippen LogP contribution in [0.15, 0.2) is 66.9 Å². The summed E-state index contributed by atoms with van der Waals surface area (Å²) < 4.78 is 0. The second-order valence-corrected chi connectivity index (χ2v) is 5.10. The number of fused-ring (bicyclic) bond motifs is 2. The van der Waals surface area contributed by atoms with Gasteiger partial charge in [0, 0.05) is 17.3 Å². The molecule has 4 aromatic rings. The molecule has 2 heterocycles. The summed E-state index contributed by atoms with van der Waals surface area (Å²) in [5.41, 5.74) is 2.94. The number of anilines is 1. The third-order valence-corrected chi connectivity index (χ3v) is 3.67. The standard InChI is InChI=1S/C18H13N3O/c22-18(17-11-16-15(20-17)9-4-10-19-16)21-14-8-3-6-12-5-1-2-7-13(12)14/h1-11,20H,(H,21,22). The van der Waals surface area contributed by atoms with E-state index in [1.165, 1.54) is 0 Å². The molecule has 4 nitrogen and oxygen atoms in total. The molecule has 4 heteroatoms. The van der Waals surface area contributed by atoms with E-state index >= 15 is 0 Å². The van der Waals surface area contributed by atoms with E-state index in [1.807, 2.05) is 54.6 Å². The summed E-state index contributed by atoms with van der Waals surface area (Å²) in [6, 6.07) is 19.3. The van der Waals surface area contributed by atoms with E-state index in [-0.39, 0.29) is 5.91 Å². The average Bonchev–Trinajstić information content (AvgIpc) is 2.99. The van der Waals surface area contributed by atoms with Crippen LogP contribution >= 0.6 is 0 Å². The van der Waals surface area contributed by atoms with Gasteiger partial charge in [-0.05, 0) is 29.7 Å². The minimum absolute atomic E-state index is 0.172. The Morgan fingerprint density at radius 3 is 2.77 bits per heavy atom. The van der Waals surface area contributed by atoms with Crippen LogP contribution in [0.4, 0.5) is 5.69 Å². The first-order valence-electron chi connectivity index (χ1n) is 7.04. The Hall–Kier alpha value is -3.14. The molecule has 0 aliphatic carbocycles. The van der Waals surface area contributed by atoms with Crippen LogP contribution in [0.25, 0.3) is 21.8 Å². The molecular formula is C18H13N3O. The lowest BCUT2D eigenvalue weighted by molar-refractivity contribution is 0.102. The zero-order chi connectivity index (χ0) is 14.9. The SMILES string of the molecule is O=C(Nc1cccc2ccccc12)c1cc2ncccc2[nH]1. The first-order valence-corrected chi connectivity index (χ1v) is 7.04. The van der Waals surface area contributed by atoms with Gasteiger partial charge in [0.2, 0.25) is 0 Å². The second kappa shape index (κ2) is 5.00. The number of nitrogens with zero attached hydrogens (tertiary/aromatic N) is 1. The van der Waals surface area contributed by atoms with E-state index < -0.39 is 0 Å². The van der Waals surface area contributed by atoms with Gasteiger partial charge in [0.05, 0.1) is 11.0 Å². The summed E-state index contributed by atoms with van der Waals surface area (Å²) in [5, 5.41) is 5.08. The van der Waals surface area contributed by atoms with Crippen LogP contribution in [-0.2, 0) is 0 Å². The quantitative estimate of drug-likeness (QED) is 0.586. The molecule has 1 amide bonds. The Morgan fingerprint density at radius 1 is 1.00 bits per heavy atom. The van der Waals surface area contributed by atoms with Gasteiger partial charge in [0.1, 0.15) is 5.69 Å². The van der Waals surface area contributed by atoms with Crippen molar-refractivity contribution in [1.29, 1.82) is 0 Å². The number of benzene rings is 2. The van der Waals surface area contributed by atoms with Gasteiger partial charge < -0.3 is 10.3 Å². The average molecular weight is 287 g/mol. The Labute approximate surface area is 126 Å². The molecule has 2 aromatic heterocycles. The molecule has 106 valence electrons. The third kappa shape index (κ3) is 2.11. The zero-order valence-electron chi connectivity index (χ0n) is 11.7. The van der Waals surface area contributed by atoms with Crippen molar-refractivity contribution in [3.8, 4) is 0 Å². The van der Waals surface area contributed by atoms with Gasteiger partial charge in [-0.2, -0.15) is 0 Å². The number of H-pyrrole nitrogens is 1. The Kier molecular flexibility index (Phi) is 2.86. The Bertz CT molecular complexity index is 949. The van der Waals surface area contributed by atoms with Crippen molar-refractivity contribution < 1.29 is 4.79 Å². The van der Waals surface area contributed by atoms with Crippen LogP contribution in [0.5, 0.6) is 0 Å². The number of amides is 1. The van der Waals surface area contributed by atoms with E-state index in [9.17, 15) is 4.79 Å². The molecule has 0 spiro atoms. The highest BCUT2D eigenvalue weighted by molar-refractivity contribution is 6.09. The van der Waals surface area contributed by atoms with Crippen LogP contribution in [0.2, 0.25) is 0 Å². The normalized spacial score (nSPS) is 10.9. The van der Waals surface area contributed by atoms with Crippen molar-refractivity contribution in [1.82, 2.24) is 9.97 Å². The van der Waals surface area contributed by atoms with Gasteiger partial charge in [-0.25, -0.2) is 0 Å². The number of carbonyl (C=O) groups excluding carboxylic acids is 1. The minimum Gasteiger partial charge on any atom is -0.349 e. The van der Waals surface area contributed by atoms with E-state index in [1.54, 1.807) is 12.3 Å². The monoisotopic (exact) mass is 287 g/mol. The van der Waals surface area contributed by atoms with Gasteiger partial charge in [-0.1, -0.05) is 36.4 Å². The van der Waals surface area contributed by atoms with Crippen molar-refractivity contribution in [2.24, 2.45) is 0 Å². The van der Waals surface area contributed by atoms with Gasteiger partial charge >= 0.3 is 0 Å². The van der Waals surface area contributed by atoms with Crippen LogP contribution in [-0.4, -0.2) is 15.9 Å². The van der Waals surface area contributed by atoms with Crippen molar-refractivity contribution in [2.45, 2.75) is 0 Å². The molecule has 0 aliphatic rings. The molecule has 0 bridgehead atoms. The van der Waals surface area contributed by atoms with Crippen LogP contribution in [0.1, 0.15) is 10.5 Å². The highest BCUT2D eigenvalue weighted by atomic mass is 16.1. The molecule has 2 N–H and O–H groups in total. The summed E-state index contributed by atoms with van der Waals surface area (Å²) in [4.78, 5) is 19.8. The zero-order valence-corrected chi connectivity index (χ0v) is 11.7. The number of hydrogen-bond acceptors (Lipinski definition) is 2. The second-order valence-electron chi connectivity index (χ2n) is 5.10. The largest absolute Gasteiger partial charge is 0.349 e. The first kappa shape index (κ1) is 12.6. The molecule has 0 atom stereocenters. The summed E-state index contributed by atoms with van der Waals surface area (Å²) in [7, 11) is 0. The maximum atomic E-state index is 12.5. The predicted octanol–water partition coefficient (Wildman–Crippen LogP) is 3.97. The molecule has 0 unspecified atom stereocenters. The summed E-state index contributed by atoms with van der Waals surface area (Å²) >= 11 is 0. The van der Waals surface area contributed by atoms with Gasteiger partial charge in [0.15, 0.2) is 0 Å². The van der Waals surface area contributed by atoms with Gasteiger partial charge in [-0.3, -0.25) is 9.78 Å². The predicted molar refractivity (Wildman–Crippen MR) is 88.0 cm³/mol. The fourth-order valence-corrected chi connectivity index (χ4v) is 2.60. The molecule has 4 rings (SSSR count). The Morgan fingerprint density at radius 2 is 1.86 bits per heavy atom. The van der Waals surface area contributed by atoms with Gasteiger partial charge in [-0.15, -0.1) is 0 Å². The van der Waals surface area contributed by atoms with Crippen LogP contribution in [0.3, 0.4) is 0 Å². The van der Waals surface area contributed by atoms with E-state index in [0.717, 1.165) is 27.5 Å². The maximum Gasteiger partial charge on any atom is 0.272 e. The number of aromatic amines is 1. The molecule has 0 aliphatic heterocycles. The highest BCUT2D eigenvalue weighted by Gasteiger charge is 2.11. The number of aromatic nitrogens is 2. The molecule has 0 radical (unpaired) electrons.